The molecule has 0 bridgehead atoms. The van der Waals surface area contributed by atoms with E-state index in [9.17, 15) is 4.79 Å². The summed E-state index contributed by atoms with van der Waals surface area (Å²) in [6, 6.07) is 28.1. The number of thiazole rings is 1. The molecule has 0 aliphatic carbocycles. The van der Waals surface area contributed by atoms with Crippen LogP contribution in [0.1, 0.15) is 11.3 Å². The molecule has 2 heterocycles. The molecule has 5 rings (SSSR count). The van der Waals surface area contributed by atoms with Gasteiger partial charge >= 0.3 is 0 Å². The normalized spacial score (nSPS) is 11.1. The van der Waals surface area contributed by atoms with Gasteiger partial charge in [-0.25, -0.2) is 4.98 Å². The molecular weight excluding hydrogens is 390 g/mol. The molecular formula is C25H19N3OS. The van der Waals surface area contributed by atoms with Crippen molar-refractivity contribution >= 4 is 43.4 Å². The van der Waals surface area contributed by atoms with Crippen molar-refractivity contribution in [2.24, 2.45) is 0 Å². The van der Waals surface area contributed by atoms with Crippen LogP contribution in [0.3, 0.4) is 0 Å². The van der Waals surface area contributed by atoms with Crippen LogP contribution in [-0.4, -0.2) is 15.9 Å². The molecule has 146 valence electrons. The summed E-state index contributed by atoms with van der Waals surface area (Å²) < 4.78 is 1.07. The smallest absolute Gasteiger partial charge is 0.233 e. The van der Waals surface area contributed by atoms with E-state index in [1.165, 1.54) is 16.7 Å². The molecule has 0 fully saturated rings. The first kappa shape index (κ1) is 18.5. The fraction of sp³-hybridized carbons (Fsp3) is 0.0800. The summed E-state index contributed by atoms with van der Waals surface area (Å²) in [5.41, 5.74) is 2.73. The minimum atomic E-state index is 0.00925. The largest absolute Gasteiger partial charge is 0.282 e. The molecule has 2 aromatic heterocycles. The van der Waals surface area contributed by atoms with Crippen molar-refractivity contribution in [3.8, 4) is 0 Å². The Morgan fingerprint density at radius 1 is 0.867 bits per heavy atom. The van der Waals surface area contributed by atoms with Gasteiger partial charge in [0.15, 0.2) is 5.13 Å². The third-order valence-electron chi connectivity index (χ3n) is 5.03. The molecule has 0 atom stereocenters. The van der Waals surface area contributed by atoms with Gasteiger partial charge < -0.3 is 0 Å². The van der Waals surface area contributed by atoms with Gasteiger partial charge in [-0.2, -0.15) is 0 Å². The zero-order valence-corrected chi connectivity index (χ0v) is 17.0. The van der Waals surface area contributed by atoms with Crippen molar-refractivity contribution in [1.82, 2.24) is 9.97 Å². The highest BCUT2D eigenvalue weighted by molar-refractivity contribution is 7.22. The Morgan fingerprint density at radius 2 is 1.67 bits per heavy atom. The van der Waals surface area contributed by atoms with Gasteiger partial charge in [-0.05, 0) is 40.6 Å². The lowest BCUT2D eigenvalue weighted by Gasteiger charge is -2.19. The maximum atomic E-state index is 13.4. The first-order valence-electron chi connectivity index (χ1n) is 9.80. The second kappa shape index (κ2) is 8.05. The van der Waals surface area contributed by atoms with Crippen molar-refractivity contribution in [1.29, 1.82) is 0 Å². The van der Waals surface area contributed by atoms with Crippen LogP contribution in [-0.2, 0) is 17.8 Å². The Labute approximate surface area is 178 Å². The summed E-state index contributed by atoms with van der Waals surface area (Å²) in [5.74, 6) is 0.00925. The van der Waals surface area contributed by atoms with Crippen LogP contribution in [0.2, 0.25) is 0 Å². The number of rotatable bonds is 5. The van der Waals surface area contributed by atoms with E-state index in [4.69, 9.17) is 4.98 Å². The fourth-order valence-corrected chi connectivity index (χ4v) is 4.49. The molecule has 0 aliphatic heterocycles. The summed E-state index contributed by atoms with van der Waals surface area (Å²) in [5, 5.41) is 3.01. The van der Waals surface area contributed by atoms with Crippen LogP contribution in [0.25, 0.3) is 21.0 Å². The van der Waals surface area contributed by atoms with E-state index in [1.54, 1.807) is 11.1 Å². The maximum Gasteiger partial charge on any atom is 0.233 e. The highest BCUT2D eigenvalue weighted by Gasteiger charge is 2.21. The van der Waals surface area contributed by atoms with Gasteiger partial charge in [0.1, 0.15) is 0 Å². The Balaban J connectivity index is 1.48. The number of carbonyl (C=O) groups excluding carboxylic acids is 1. The van der Waals surface area contributed by atoms with Crippen molar-refractivity contribution in [3.63, 3.8) is 0 Å². The molecule has 1 amide bonds. The van der Waals surface area contributed by atoms with Crippen LogP contribution in [0.4, 0.5) is 5.13 Å². The predicted molar refractivity (Wildman–Crippen MR) is 123 cm³/mol. The topological polar surface area (TPSA) is 46.1 Å². The van der Waals surface area contributed by atoms with Crippen LogP contribution in [0.15, 0.2) is 91.1 Å². The summed E-state index contributed by atoms with van der Waals surface area (Å²) >= 11 is 1.53. The van der Waals surface area contributed by atoms with Crippen LogP contribution < -0.4 is 4.90 Å². The third-order valence-corrected chi connectivity index (χ3v) is 6.09. The van der Waals surface area contributed by atoms with Gasteiger partial charge in [-0.15, -0.1) is 0 Å². The Morgan fingerprint density at radius 3 is 2.50 bits per heavy atom. The van der Waals surface area contributed by atoms with Crippen LogP contribution in [0, 0.1) is 0 Å². The molecule has 5 aromatic rings. The third kappa shape index (κ3) is 3.80. The van der Waals surface area contributed by atoms with Gasteiger partial charge in [0.2, 0.25) is 5.91 Å². The average molecular weight is 410 g/mol. The van der Waals surface area contributed by atoms with Crippen molar-refractivity contribution in [3.05, 3.63) is 102 Å². The second-order valence-corrected chi connectivity index (χ2v) is 8.13. The molecule has 0 radical (unpaired) electrons. The zero-order valence-electron chi connectivity index (χ0n) is 16.2. The molecule has 0 unspecified atom stereocenters. The van der Waals surface area contributed by atoms with Crippen molar-refractivity contribution < 1.29 is 4.79 Å². The number of anilines is 1. The monoisotopic (exact) mass is 409 g/mol. The zero-order chi connectivity index (χ0) is 20.3. The van der Waals surface area contributed by atoms with E-state index < -0.39 is 0 Å². The fourth-order valence-electron chi connectivity index (χ4n) is 3.51. The number of nitrogens with zero attached hydrogens (tertiary/aromatic N) is 3. The molecule has 5 heteroatoms. The first-order valence-corrected chi connectivity index (χ1v) is 10.6. The number of carbonyl (C=O) groups is 1. The Bertz CT molecular complexity index is 1300. The quantitative estimate of drug-likeness (QED) is 0.378. The van der Waals surface area contributed by atoms with E-state index >= 15 is 0 Å². The lowest BCUT2D eigenvalue weighted by molar-refractivity contribution is -0.118. The van der Waals surface area contributed by atoms with Gasteiger partial charge in [0.05, 0.1) is 28.9 Å². The second-order valence-electron chi connectivity index (χ2n) is 7.12. The molecule has 0 N–H and O–H groups in total. The number of hydrogen-bond donors (Lipinski definition) is 0. The van der Waals surface area contributed by atoms with Crippen LogP contribution in [0.5, 0.6) is 0 Å². The molecule has 4 nitrogen and oxygen atoms in total. The summed E-state index contributed by atoms with van der Waals surface area (Å²) in [6.45, 7) is 0.396. The van der Waals surface area contributed by atoms with Crippen molar-refractivity contribution in [2.75, 3.05) is 4.90 Å². The number of fused-ring (bicyclic) bond motifs is 2. The number of amides is 1. The van der Waals surface area contributed by atoms with E-state index in [0.29, 0.717) is 18.1 Å². The predicted octanol–water partition coefficient (Wildman–Crippen LogP) is 5.62. The molecule has 30 heavy (non-hydrogen) atoms. The number of hydrogen-bond acceptors (Lipinski definition) is 4. The number of pyridine rings is 1. The SMILES string of the molecule is O=C(Cc1ccc2ccccc2c1)N(Cc1ccccn1)c1nc2ccccc2s1. The molecule has 0 spiro atoms. The lowest BCUT2D eigenvalue weighted by atomic mass is 10.0. The summed E-state index contributed by atoms with van der Waals surface area (Å²) in [4.78, 5) is 24.3. The summed E-state index contributed by atoms with van der Waals surface area (Å²) in [7, 11) is 0. The molecule has 0 saturated heterocycles. The van der Waals surface area contributed by atoms with Gasteiger partial charge in [0, 0.05) is 6.20 Å². The Hall–Kier alpha value is -3.57. The van der Waals surface area contributed by atoms with E-state index in [0.717, 1.165) is 26.9 Å². The van der Waals surface area contributed by atoms with Gasteiger partial charge in [0.25, 0.3) is 0 Å². The van der Waals surface area contributed by atoms with Crippen LogP contribution >= 0.6 is 11.3 Å². The molecule has 0 saturated carbocycles. The number of aromatic nitrogens is 2. The first-order chi connectivity index (χ1) is 14.8. The molecule has 3 aromatic carbocycles. The van der Waals surface area contributed by atoms with E-state index in [2.05, 4.69) is 29.2 Å². The standard InChI is InChI=1S/C25H19N3OS/c29-24(16-18-12-13-19-7-1-2-8-20(19)15-18)28(17-21-9-5-6-14-26-21)25-27-22-10-3-4-11-23(22)30-25/h1-15H,16-17H2. The molecule has 0 aliphatic rings. The lowest BCUT2D eigenvalue weighted by Crippen LogP contribution is -2.32. The number of para-hydroxylation sites is 1. The van der Waals surface area contributed by atoms with Crippen molar-refractivity contribution in [2.45, 2.75) is 13.0 Å². The minimum Gasteiger partial charge on any atom is -0.282 e. The highest BCUT2D eigenvalue weighted by Crippen LogP contribution is 2.30. The maximum absolute atomic E-state index is 13.4. The van der Waals surface area contributed by atoms with Gasteiger partial charge in [-0.3, -0.25) is 14.7 Å². The van der Waals surface area contributed by atoms with Gasteiger partial charge in [-0.1, -0.05) is 72.0 Å². The number of benzene rings is 3. The Kier molecular flexibility index (Phi) is 4.95. The van der Waals surface area contributed by atoms with E-state index in [1.807, 2.05) is 60.7 Å². The highest BCUT2D eigenvalue weighted by atomic mass is 32.1. The average Bonchev–Trinajstić information content (AvgIpc) is 3.22. The van der Waals surface area contributed by atoms with E-state index in [-0.39, 0.29) is 5.91 Å². The minimum absolute atomic E-state index is 0.00925. The summed E-state index contributed by atoms with van der Waals surface area (Å²) in [6.07, 6.45) is 2.06.